The second-order valence-corrected chi connectivity index (χ2v) is 8.60. The maximum absolute atomic E-state index is 12.9. The molecule has 1 saturated heterocycles. The molecule has 6 heteroatoms. The van der Waals surface area contributed by atoms with Crippen LogP contribution in [0.25, 0.3) is 10.9 Å². The zero-order chi connectivity index (χ0) is 19.0. The molecule has 2 aliphatic heterocycles. The fourth-order valence-electron chi connectivity index (χ4n) is 4.34. The molecule has 2 aliphatic rings. The molecule has 0 unspecified atom stereocenters. The molecule has 144 valence electrons. The fourth-order valence-corrected chi connectivity index (χ4v) is 5.49. The van der Waals surface area contributed by atoms with Crippen LogP contribution in [0.15, 0.2) is 42.6 Å². The van der Waals surface area contributed by atoms with Gasteiger partial charge in [-0.25, -0.2) is 0 Å². The monoisotopic (exact) mass is 393 g/mol. The summed E-state index contributed by atoms with van der Waals surface area (Å²) in [6.45, 7) is 3.17. The molecule has 2 N–H and O–H groups in total. The molecule has 5 rings (SSSR count). The quantitative estimate of drug-likeness (QED) is 0.716. The number of benzene rings is 1. The van der Waals surface area contributed by atoms with Crippen molar-refractivity contribution in [2.24, 2.45) is 0 Å². The maximum Gasteiger partial charge on any atom is 0.261 e. The van der Waals surface area contributed by atoms with Gasteiger partial charge in [-0.2, -0.15) is 0 Å². The SMILES string of the molecule is O=C(NCc1ccnc2ccccc12)c1cc2c(s1)CCOC21CCNCC1. The first kappa shape index (κ1) is 17.8. The number of piperidine rings is 1. The Bertz CT molecular complexity index is 1020. The number of carbonyl (C=O) groups is 1. The third-order valence-corrected chi connectivity index (χ3v) is 7.01. The van der Waals surface area contributed by atoms with Crippen LogP contribution < -0.4 is 10.6 Å². The average Bonchev–Trinajstić information content (AvgIpc) is 3.19. The highest BCUT2D eigenvalue weighted by molar-refractivity contribution is 7.14. The minimum Gasteiger partial charge on any atom is -0.370 e. The summed E-state index contributed by atoms with van der Waals surface area (Å²) in [5, 5.41) is 7.59. The van der Waals surface area contributed by atoms with E-state index in [1.807, 2.05) is 30.3 Å². The maximum atomic E-state index is 12.9. The normalized spacial score (nSPS) is 18.1. The molecule has 0 aliphatic carbocycles. The van der Waals surface area contributed by atoms with Crippen LogP contribution in [0.4, 0.5) is 0 Å². The molecule has 3 aromatic rings. The van der Waals surface area contributed by atoms with Crippen LogP contribution in [-0.4, -0.2) is 30.6 Å². The average molecular weight is 394 g/mol. The molecule has 1 fully saturated rings. The molecule has 0 bridgehead atoms. The fraction of sp³-hybridized carbons (Fsp3) is 0.364. The van der Waals surface area contributed by atoms with Gasteiger partial charge in [0.2, 0.25) is 0 Å². The number of ether oxygens (including phenoxy) is 1. The van der Waals surface area contributed by atoms with E-state index in [4.69, 9.17) is 4.74 Å². The van der Waals surface area contributed by atoms with Crippen LogP contribution in [0.3, 0.4) is 0 Å². The van der Waals surface area contributed by atoms with Gasteiger partial charge in [-0.15, -0.1) is 11.3 Å². The number of pyridine rings is 1. The third-order valence-electron chi connectivity index (χ3n) is 5.82. The standard InChI is InChI=1S/C22H23N3O2S/c26-21(25-14-15-5-9-24-18-4-2-1-3-16(15)18)20-13-17-19(28-20)6-12-27-22(17)7-10-23-11-8-22/h1-5,9,13,23H,6-8,10-12,14H2,(H,25,26). The summed E-state index contributed by atoms with van der Waals surface area (Å²) in [5.74, 6) is -0.00984. The Labute approximate surface area is 168 Å². The van der Waals surface area contributed by atoms with E-state index >= 15 is 0 Å². The first-order chi connectivity index (χ1) is 13.8. The molecule has 5 nitrogen and oxygen atoms in total. The van der Waals surface area contributed by atoms with Gasteiger partial charge >= 0.3 is 0 Å². The topological polar surface area (TPSA) is 63.2 Å². The lowest BCUT2D eigenvalue weighted by atomic mass is 9.83. The van der Waals surface area contributed by atoms with Crippen LogP contribution >= 0.6 is 11.3 Å². The van der Waals surface area contributed by atoms with Crippen molar-refractivity contribution in [1.29, 1.82) is 0 Å². The Kier molecular flexibility index (Phi) is 4.62. The molecule has 2 aromatic heterocycles. The van der Waals surface area contributed by atoms with Gasteiger partial charge in [0.05, 0.1) is 22.6 Å². The largest absolute Gasteiger partial charge is 0.370 e. The first-order valence-electron chi connectivity index (χ1n) is 9.84. The zero-order valence-corrected chi connectivity index (χ0v) is 16.5. The molecule has 28 heavy (non-hydrogen) atoms. The lowest BCUT2D eigenvalue weighted by Gasteiger charge is -2.40. The van der Waals surface area contributed by atoms with Crippen molar-refractivity contribution in [1.82, 2.24) is 15.6 Å². The van der Waals surface area contributed by atoms with Gasteiger partial charge in [0, 0.05) is 29.4 Å². The van der Waals surface area contributed by atoms with Gasteiger partial charge in [0.25, 0.3) is 5.91 Å². The molecule has 1 spiro atoms. The molecule has 1 amide bonds. The number of nitrogens with one attached hydrogen (secondary N) is 2. The Morgan fingerprint density at radius 2 is 2.11 bits per heavy atom. The van der Waals surface area contributed by atoms with Gasteiger partial charge in [0.15, 0.2) is 0 Å². The lowest BCUT2D eigenvalue weighted by Crippen LogP contribution is -2.44. The van der Waals surface area contributed by atoms with E-state index in [1.54, 1.807) is 17.5 Å². The van der Waals surface area contributed by atoms with Crippen molar-refractivity contribution in [3.8, 4) is 0 Å². The number of nitrogens with zero attached hydrogens (tertiary/aromatic N) is 1. The second-order valence-electron chi connectivity index (χ2n) is 7.46. The summed E-state index contributed by atoms with van der Waals surface area (Å²) in [7, 11) is 0. The third kappa shape index (κ3) is 3.11. The minimum absolute atomic E-state index is 0.00984. The van der Waals surface area contributed by atoms with E-state index in [9.17, 15) is 4.79 Å². The lowest BCUT2D eigenvalue weighted by molar-refractivity contribution is -0.0792. The van der Waals surface area contributed by atoms with Crippen molar-refractivity contribution in [3.63, 3.8) is 0 Å². The Morgan fingerprint density at radius 1 is 1.25 bits per heavy atom. The highest BCUT2D eigenvalue weighted by atomic mass is 32.1. The Hall–Kier alpha value is -2.28. The first-order valence-corrected chi connectivity index (χ1v) is 10.7. The van der Waals surface area contributed by atoms with Crippen molar-refractivity contribution in [2.45, 2.75) is 31.4 Å². The molecular weight excluding hydrogens is 370 g/mol. The smallest absolute Gasteiger partial charge is 0.261 e. The van der Waals surface area contributed by atoms with Crippen molar-refractivity contribution < 1.29 is 9.53 Å². The van der Waals surface area contributed by atoms with Crippen LogP contribution in [0.1, 0.15) is 38.5 Å². The molecule has 0 saturated carbocycles. The molecule has 0 radical (unpaired) electrons. The summed E-state index contributed by atoms with van der Waals surface area (Å²) in [6.07, 6.45) is 4.64. The Balaban J connectivity index is 1.36. The number of rotatable bonds is 3. The van der Waals surface area contributed by atoms with Crippen molar-refractivity contribution >= 4 is 28.1 Å². The van der Waals surface area contributed by atoms with Crippen LogP contribution in [0.2, 0.25) is 0 Å². The number of amides is 1. The number of fused-ring (bicyclic) bond motifs is 3. The summed E-state index contributed by atoms with van der Waals surface area (Å²) >= 11 is 1.63. The molecule has 0 atom stereocenters. The van der Waals surface area contributed by atoms with E-state index < -0.39 is 0 Å². The van der Waals surface area contributed by atoms with E-state index in [-0.39, 0.29) is 11.5 Å². The number of thiophene rings is 1. The van der Waals surface area contributed by atoms with Crippen molar-refractivity contribution in [2.75, 3.05) is 19.7 Å². The van der Waals surface area contributed by atoms with E-state index in [0.29, 0.717) is 6.54 Å². The summed E-state index contributed by atoms with van der Waals surface area (Å²) in [4.78, 5) is 19.4. The molecule has 4 heterocycles. The van der Waals surface area contributed by atoms with Gasteiger partial charge in [-0.05, 0) is 55.3 Å². The summed E-state index contributed by atoms with van der Waals surface area (Å²) in [5.41, 5.74) is 3.07. The van der Waals surface area contributed by atoms with Gasteiger partial charge in [0.1, 0.15) is 0 Å². The van der Waals surface area contributed by atoms with Gasteiger partial charge in [-0.3, -0.25) is 9.78 Å². The van der Waals surface area contributed by atoms with E-state index in [2.05, 4.69) is 21.7 Å². The predicted octanol–water partition coefficient (Wildman–Crippen LogP) is 3.38. The number of hydrogen-bond donors (Lipinski definition) is 2. The van der Waals surface area contributed by atoms with Gasteiger partial charge < -0.3 is 15.4 Å². The van der Waals surface area contributed by atoms with E-state index in [1.165, 1.54) is 10.4 Å². The molecule has 1 aromatic carbocycles. The zero-order valence-electron chi connectivity index (χ0n) is 15.7. The van der Waals surface area contributed by atoms with Crippen LogP contribution in [-0.2, 0) is 23.3 Å². The van der Waals surface area contributed by atoms with Crippen LogP contribution in [0, 0.1) is 0 Å². The van der Waals surface area contributed by atoms with E-state index in [0.717, 1.165) is 60.3 Å². The minimum atomic E-state index is -0.199. The summed E-state index contributed by atoms with van der Waals surface area (Å²) < 4.78 is 6.23. The second kappa shape index (κ2) is 7.28. The number of carbonyl (C=O) groups excluding carboxylic acids is 1. The molecular formula is C22H23N3O2S. The summed E-state index contributed by atoms with van der Waals surface area (Å²) in [6, 6.07) is 12.1. The number of hydrogen-bond acceptors (Lipinski definition) is 5. The van der Waals surface area contributed by atoms with Crippen LogP contribution in [0.5, 0.6) is 0 Å². The highest BCUT2D eigenvalue weighted by Crippen LogP contribution is 2.43. The number of aromatic nitrogens is 1. The Morgan fingerprint density at radius 3 is 3.00 bits per heavy atom. The van der Waals surface area contributed by atoms with Gasteiger partial charge in [-0.1, -0.05) is 18.2 Å². The highest BCUT2D eigenvalue weighted by Gasteiger charge is 2.40. The van der Waals surface area contributed by atoms with Crippen molar-refractivity contribution in [3.05, 3.63) is 63.5 Å². The predicted molar refractivity (Wildman–Crippen MR) is 111 cm³/mol. The number of para-hydroxylation sites is 1.